The molecule has 32 heavy (non-hydrogen) atoms. The Hall–Kier alpha value is -1.64. The monoisotopic (exact) mass is 486 g/mol. The van der Waals surface area contributed by atoms with E-state index in [1.54, 1.807) is 19.1 Å². The first-order chi connectivity index (χ1) is 14.8. The Kier molecular flexibility index (Phi) is 8.76. The molecule has 1 aliphatic heterocycles. The molecule has 3 atom stereocenters. The zero-order chi connectivity index (χ0) is 24.3. The summed E-state index contributed by atoms with van der Waals surface area (Å²) in [6.07, 6.45) is 1.22. The summed E-state index contributed by atoms with van der Waals surface area (Å²) in [4.78, 5) is -0.0221. The summed E-state index contributed by atoms with van der Waals surface area (Å²) in [5, 5.41) is 9.68. The van der Waals surface area contributed by atoms with E-state index in [1.165, 1.54) is 21.7 Å². The van der Waals surface area contributed by atoms with Crippen LogP contribution >= 0.6 is 0 Å². The minimum absolute atomic E-state index is 0.0221. The van der Waals surface area contributed by atoms with Gasteiger partial charge < -0.3 is 9.84 Å². The zero-order valence-electron chi connectivity index (χ0n) is 19.6. The van der Waals surface area contributed by atoms with Gasteiger partial charge in [0.25, 0.3) is 0 Å². The second kappa shape index (κ2) is 10.5. The lowest BCUT2D eigenvalue weighted by Crippen LogP contribution is -2.50. The first-order valence-corrected chi connectivity index (χ1v) is 13.9. The molecule has 1 aromatic carbocycles. The van der Waals surface area contributed by atoms with E-state index < -0.39 is 32.2 Å². The number of likely N-dealkylation sites (N-methyl/N-ethyl adjacent to an activating group) is 1. The molecule has 1 N–H and O–H groups in total. The van der Waals surface area contributed by atoms with Crippen molar-refractivity contribution in [2.75, 3.05) is 33.0 Å². The van der Waals surface area contributed by atoms with Gasteiger partial charge in [-0.25, -0.2) is 21.1 Å². The molecule has 0 unspecified atom stereocenters. The molecule has 180 valence electrons. The van der Waals surface area contributed by atoms with Crippen molar-refractivity contribution in [3.63, 3.8) is 0 Å². The van der Waals surface area contributed by atoms with Crippen LogP contribution in [-0.2, 0) is 20.0 Å². The molecule has 0 radical (unpaired) electrons. The molecule has 0 aromatic heterocycles. The summed E-state index contributed by atoms with van der Waals surface area (Å²) < 4.78 is 59.4. The second-order valence-electron chi connectivity index (χ2n) is 8.84. The molecule has 10 heteroatoms. The number of ether oxygens (including phenoxy) is 1. The van der Waals surface area contributed by atoms with Gasteiger partial charge in [-0.15, -0.1) is 0 Å². The average molecular weight is 487 g/mol. The summed E-state index contributed by atoms with van der Waals surface area (Å²) in [6, 6.07) is 4.05. The minimum atomic E-state index is -3.95. The van der Waals surface area contributed by atoms with Crippen LogP contribution in [-0.4, -0.2) is 75.7 Å². The smallest absolute Gasteiger partial charge is 0.247 e. The SMILES string of the molecule is CC(C)CC#Cc1ccc2c(c1)O[C@@H](CN(C)S(C)(=O)=O)[C@H](C)CN([C@@H](C)CO)S2(=O)=O. The van der Waals surface area contributed by atoms with Crippen LogP contribution in [0.5, 0.6) is 5.75 Å². The van der Waals surface area contributed by atoms with Gasteiger partial charge in [-0.3, -0.25) is 0 Å². The molecule has 2 rings (SSSR count). The van der Waals surface area contributed by atoms with Gasteiger partial charge in [-0.1, -0.05) is 32.6 Å². The van der Waals surface area contributed by atoms with Gasteiger partial charge in [0.2, 0.25) is 20.0 Å². The molecule has 0 fully saturated rings. The van der Waals surface area contributed by atoms with Crippen LogP contribution in [0, 0.1) is 23.7 Å². The molecular formula is C22H34N2O6S2. The third-order valence-electron chi connectivity index (χ3n) is 5.41. The van der Waals surface area contributed by atoms with Gasteiger partial charge in [0.05, 0.1) is 19.4 Å². The maximum atomic E-state index is 13.4. The van der Waals surface area contributed by atoms with Gasteiger partial charge in [-0.05, 0) is 31.0 Å². The molecule has 0 aliphatic carbocycles. The molecule has 1 heterocycles. The molecule has 1 aliphatic rings. The van der Waals surface area contributed by atoms with E-state index in [2.05, 4.69) is 25.7 Å². The van der Waals surface area contributed by atoms with Crippen LogP contribution < -0.4 is 4.74 Å². The van der Waals surface area contributed by atoms with E-state index in [-0.39, 0.29) is 36.3 Å². The van der Waals surface area contributed by atoms with Gasteiger partial charge in [-0.2, -0.15) is 4.31 Å². The van der Waals surface area contributed by atoms with E-state index in [1.807, 2.05) is 6.92 Å². The minimum Gasteiger partial charge on any atom is -0.487 e. The molecule has 0 saturated carbocycles. The Morgan fingerprint density at radius 2 is 1.97 bits per heavy atom. The Morgan fingerprint density at radius 3 is 2.53 bits per heavy atom. The van der Waals surface area contributed by atoms with Crippen LogP contribution in [0.2, 0.25) is 0 Å². The predicted octanol–water partition coefficient (Wildman–Crippen LogP) is 1.74. The molecule has 0 saturated heterocycles. The number of benzene rings is 1. The fourth-order valence-electron chi connectivity index (χ4n) is 3.27. The molecular weight excluding hydrogens is 452 g/mol. The maximum Gasteiger partial charge on any atom is 0.247 e. The zero-order valence-corrected chi connectivity index (χ0v) is 21.2. The maximum absolute atomic E-state index is 13.4. The number of fused-ring (bicyclic) bond motifs is 1. The Balaban J connectivity index is 2.59. The van der Waals surface area contributed by atoms with Crippen molar-refractivity contribution in [1.29, 1.82) is 0 Å². The fourth-order valence-corrected chi connectivity index (χ4v) is 5.51. The molecule has 0 bridgehead atoms. The molecule has 0 amide bonds. The van der Waals surface area contributed by atoms with Crippen molar-refractivity contribution in [1.82, 2.24) is 8.61 Å². The topological polar surface area (TPSA) is 104 Å². The van der Waals surface area contributed by atoms with Crippen molar-refractivity contribution in [2.45, 2.75) is 51.2 Å². The Bertz CT molecular complexity index is 1070. The number of hydrogen-bond acceptors (Lipinski definition) is 6. The Morgan fingerprint density at radius 1 is 1.31 bits per heavy atom. The van der Waals surface area contributed by atoms with Crippen molar-refractivity contribution in [3.05, 3.63) is 23.8 Å². The van der Waals surface area contributed by atoms with Crippen LogP contribution in [0.1, 0.15) is 39.7 Å². The summed E-state index contributed by atoms with van der Waals surface area (Å²) in [5.74, 6) is 6.32. The van der Waals surface area contributed by atoms with Gasteiger partial charge >= 0.3 is 0 Å². The highest BCUT2D eigenvalue weighted by molar-refractivity contribution is 7.89. The third kappa shape index (κ3) is 6.45. The van der Waals surface area contributed by atoms with Gasteiger partial charge in [0.15, 0.2) is 0 Å². The van der Waals surface area contributed by atoms with Crippen molar-refractivity contribution in [3.8, 4) is 17.6 Å². The van der Waals surface area contributed by atoms with Crippen molar-refractivity contribution in [2.24, 2.45) is 11.8 Å². The second-order valence-corrected chi connectivity index (χ2v) is 12.8. The summed E-state index contributed by atoms with van der Waals surface area (Å²) in [7, 11) is -5.94. The number of hydrogen-bond donors (Lipinski definition) is 1. The quantitative estimate of drug-likeness (QED) is 0.615. The Labute approximate surface area is 192 Å². The van der Waals surface area contributed by atoms with Crippen LogP contribution in [0.4, 0.5) is 0 Å². The molecule has 0 spiro atoms. The van der Waals surface area contributed by atoms with E-state index >= 15 is 0 Å². The average Bonchev–Trinajstić information content (AvgIpc) is 2.68. The summed E-state index contributed by atoms with van der Waals surface area (Å²) >= 11 is 0. The highest BCUT2D eigenvalue weighted by Crippen LogP contribution is 2.34. The summed E-state index contributed by atoms with van der Waals surface area (Å²) in [5.41, 5.74) is 0.616. The lowest BCUT2D eigenvalue weighted by Gasteiger charge is -2.37. The third-order valence-corrected chi connectivity index (χ3v) is 8.71. The van der Waals surface area contributed by atoms with E-state index in [0.29, 0.717) is 17.9 Å². The highest BCUT2D eigenvalue weighted by Gasteiger charge is 2.38. The van der Waals surface area contributed by atoms with E-state index in [0.717, 1.165) is 6.26 Å². The van der Waals surface area contributed by atoms with Crippen molar-refractivity contribution < 1.29 is 26.7 Å². The van der Waals surface area contributed by atoms with E-state index in [9.17, 15) is 21.9 Å². The number of aliphatic hydroxyl groups is 1. The first kappa shape index (κ1) is 26.6. The number of aliphatic hydroxyl groups excluding tert-OH is 1. The number of nitrogens with zero attached hydrogens (tertiary/aromatic N) is 2. The highest BCUT2D eigenvalue weighted by atomic mass is 32.2. The standard InChI is InChI=1S/C22H34N2O6S2/c1-16(2)8-7-9-19-10-11-22-20(12-19)30-21(14-23(5)31(6,26)27)17(3)13-24(18(4)15-25)32(22,28)29/h10-12,16-18,21,25H,8,13-15H2,1-6H3/t17-,18+,21+/m1/s1. The molecule has 1 aromatic rings. The first-order valence-electron chi connectivity index (χ1n) is 10.6. The van der Waals surface area contributed by atoms with Crippen LogP contribution in [0.15, 0.2) is 23.1 Å². The van der Waals surface area contributed by atoms with Crippen molar-refractivity contribution >= 4 is 20.0 Å². The lowest BCUT2D eigenvalue weighted by atomic mass is 10.0. The van der Waals surface area contributed by atoms with Gasteiger partial charge in [0.1, 0.15) is 16.7 Å². The summed E-state index contributed by atoms with van der Waals surface area (Å²) in [6.45, 7) is 7.37. The van der Waals surface area contributed by atoms with Crippen LogP contribution in [0.25, 0.3) is 0 Å². The lowest BCUT2D eigenvalue weighted by molar-refractivity contribution is 0.0905. The number of sulfonamides is 2. The van der Waals surface area contributed by atoms with Gasteiger partial charge in [0, 0.05) is 37.5 Å². The predicted molar refractivity (Wildman–Crippen MR) is 124 cm³/mol. The van der Waals surface area contributed by atoms with E-state index in [4.69, 9.17) is 4.74 Å². The van der Waals surface area contributed by atoms with Crippen LogP contribution in [0.3, 0.4) is 0 Å². The fraction of sp³-hybridized carbons (Fsp3) is 0.636. The number of rotatable bonds is 6. The largest absolute Gasteiger partial charge is 0.487 e. The molecule has 8 nitrogen and oxygen atoms in total. The normalized spacial score (nSPS) is 22.3.